The first-order chi connectivity index (χ1) is 8.22. The van der Waals surface area contributed by atoms with Crippen LogP contribution in [0.3, 0.4) is 0 Å². The maximum absolute atomic E-state index is 11.7. The fourth-order valence-corrected chi connectivity index (χ4v) is 2.24. The Kier molecular flexibility index (Phi) is 3.52. The Morgan fingerprint density at radius 2 is 2.00 bits per heavy atom. The maximum atomic E-state index is 11.7. The molecule has 0 bridgehead atoms. The molecule has 1 aromatic carbocycles. The SMILES string of the molecule is COC(=O)c1cc(N)ccc1N1CCCCC1. The van der Waals surface area contributed by atoms with E-state index in [2.05, 4.69) is 4.90 Å². The van der Waals surface area contributed by atoms with Crippen LogP contribution < -0.4 is 10.6 Å². The predicted molar refractivity (Wildman–Crippen MR) is 68.3 cm³/mol. The van der Waals surface area contributed by atoms with Gasteiger partial charge in [0.2, 0.25) is 0 Å². The Morgan fingerprint density at radius 1 is 1.29 bits per heavy atom. The third-order valence-electron chi connectivity index (χ3n) is 3.12. The van der Waals surface area contributed by atoms with Gasteiger partial charge in [0.1, 0.15) is 0 Å². The van der Waals surface area contributed by atoms with Crippen LogP contribution in [-0.4, -0.2) is 26.2 Å². The first-order valence-corrected chi connectivity index (χ1v) is 5.95. The molecular formula is C13H18N2O2. The van der Waals surface area contributed by atoms with E-state index in [0.29, 0.717) is 11.3 Å². The van der Waals surface area contributed by atoms with Crippen LogP contribution in [0.1, 0.15) is 29.6 Å². The molecule has 0 aromatic heterocycles. The summed E-state index contributed by atoms with van der Waals surface area (Å²) < 4.78 is 4.80. The lowest BCUT2D eigenvalue weighted by Gasteiger charge is -2.30. The van der Waals surface area contributed by atoms with Crippen LogP contribution in [0.2, 0.25) is 0 Å². The average Bonchev–Trinajstić information content (AvgIpc) is 2.38. The molecule has 4 nitrogen and oxygen atoms in total. The molecule has 0 atom stereocenters. The minimum atomic E-state index is -0.321. The lowest BCUT2D eigenvalue weighted by molar-refractivity contribution is 0.0601. The van der Waals surface area contributed by atoms with Crippen molar-refractivity contribution in [2.24, 2.45) is 0 Å². The number of piperidine rings is 1. The van der Waals surface area contributed by atoms with Crippen molar-refractivity contribution in [1.29, 1.82) is 0 Å². The number of esters is 1. The number of benzene rings is 1. The highest BCUT2D eigenvalue weighted by molar-refractivity contribution is 5.97. The van der Waals surface area contributed by atoms with Crippen molar-refractivity contribution in [1.82, 2.24) is 0 Å². The topological polar surface area (TPSA) is 55.6 Å². The molecule has 0 unspecified atom stereocenters. The smallest absolute Gasteiger partial charge is 0.340 e. The number of ether oxygens (including phenoxy) is 1. The van der Waals surface area contributed by atoms with Gasteiger partial charge in [0.25, 0.3) is 0 Å². The highest BCUT2D eigenvalue weighted by atomic mass is 16.5. The number of anilines is 2. The van der Waals surface area contributed by atoms with Gasteiger partial charge in [-0.1, -0.05) is 0 Å². The Labute approximate surface area is 101 Å². The number of carbonyl (C=O) groups is 1. The Hall–Kier alpha value is -1.71. The number of nitrogens with two attached hydrogens (primary N) is 1. The van der Waals surface area contributed by atoms with Crippen molar-refractivity contribution in [3.8, 4) is 0 Å². The Morgan fingerprint density at radius 3 is 2.65 bits per heavy atom. The second-order valence-electron chi connectivity index (χ2n) is 4.32. The van der Waals surface area contributed by atoms with Gasteiger partial charge < -0.3 is 15.4 Å². The van der Waals surface area contributed by atoms with Gasteiger partial charge in [-0.2, -0.15) is 0 Å². The van der Waals surface area contributed by atoms with Crippen LogP contribution in [0.4, 0.5) is 11.4 Å². The number of nitrogens with zero attached hydrogens (tertiary/aromatic N) is 1. The first-order valence-electron chi connectivity index (χ1n) is 5.95. The second-order valence-corrected chi connectivity index (χ2v) is 4.32. The van der Waals surface area contributed by atoms with E-state index in [1.54, 1.807) is 6.07 Å². The minimum Gasteiger partial charge on any atom is -0.465 e. The van der Waals surface area contributed by atoms with Gasteiger partial charge in [0.05, 0.1) is 18.4 Å². The molecule has 1 aliphatic heterocycles. The normalized spacial score (nSPS) is 15.7. The Balaban J connectivity index is 2.34. The van der Waals surface area contributed by atoms with Crippen molar-refractivity contribution < 1.29 is 9.53 Å². The summed E-state index contributed by atoms with van der Waals surface area (Å²) in [5, 5.41) is 0. The molecule has 0 spiro atoms. The molecule has 0 radical (unpaired) electrons. The Bertz CT molecular complexity index is 412. The molecule has 1 fully saturated rings. The van der Waals surface area contributed by atoms with Crippen LogP contribution >= 0.6 is 0 Å². The van der Waals surface area contributed by atoms with Gasteiger partial charge in [-0.3, -0.25) is 0 Å². The molecule has 1 heterocycles. The van der Waals surface area contributed by atoms with Gasteiger partial charge in [0.15, 0.2) is 0 Å². The van der Waals surface area contributed by atoms with Crippen LogP contribution in [0, 0.1) is 0 Å². The van der Waals surface area contributed by atoms with E-state index in [1.165, 1.54) is 26.4 Å². The molecule has 0 saturated carbocycles. The summed E-state index contributed by atoms with van der Waals surface area (Å²) in [5.41, 5.74) is 7.81. The summed E-state index contributed by atoms with van der Waals surface area (Å²) in [6, 6.07) is 5.43. The van der Waals surface area contributed by atoms with E-state index in [4.69, 9.17) is 10.5 Å². The molecule has 1 aliphatic rings. The summed E-state index contributed by atoms with van der Waals surface area (Å²) in [5.74, 6) is -0.321. The van der Waals surface area contributed by atoms with E-state index in [9.17, 15) is 4.79 Å². The average molecular weight is 234 g/mol. The lowest BCUT2D eigenvalue weighted by Crippen LogP contribution is -2.30. The molecule has 4 heteroatoms. The second kappa shape index (κ2) is 5.08. The van der Waals surface area contributed by atoms with Crippen LogP contribution in [0.5, 0.6) is 0 Å². The van der Waals surface area contributed by atoms with Gasteiger partial charge in [0, 0.05) is 18.8 Å². The van der Waals surface area contributed by atoms with Crippen LogP contribution in [0.25, 0.3) is 0 Å². The third kappa shape index (κ3) is 2.52. The monoisotopic (exact) mass is 234 g/mol. The van der Waals surface area contributed by atoms with Gasteiger partial charge in [-0.15, -0.1) is 0 Å². The zero-order chi connectivity index (χ0) is 12.3. The molecular weight excluding hydrogens is 216 g/mol. The molecule has 92 valence electrons. The molecule has 1 aromatic rings. The summed E-state index contributed by atoms with van der Waals surface area (Å²) in [7, 11) is 1.39. The summed E-state index contributed by atoms with van der Waals surface area (Å²) >= 11 is 0. The first kappa shape index (κ1) is 11.8. The van der Waals surface area contributed by atoms with Crippen molar-refractivity contribution >= 4 is 17.3 Å². The van der Waals surface area contributed by atoms with E-state index in [0.717, 1.165) is 18.8 Å². The van der Waals surface area contributed by atoms with Crippen molar-refractivity contribution in [2.75, 3.05) is 30.8 Å². The minimum absolute atomic E-state index is 0.321. The van der Waals surface area contributed by atoms with E-state index in [-0.39, 0.29) is 5.97 Å². The van der Waals surface area contributed by atoms with Crippen molar-refractivity contribution in [2.45, 2.75) is 19.3 Å². The van der Waals surface area contributed by atoms with E-state index < -0.39 is 0 Å². The zero-order valence-corrected chi connectivity index (χ0v) is 10.1. The summed E-state index contributed by atoms with van der Waals surface area (Å²) in [6.07, 6.45) is 3.61. The zero-order valence-electron chi connectivity index (χ0n) is 10.1. The highest BCUT2D eigenvalue weighted by Gasteiger charge is 2.19. The number of hydrogen-bond donors (Lipinski definition) is 1. The molecule has 2 rings (SSSR count). The molecule has 17 heavy (non-hydrogen) atoms. The fraction of sp³-hybridized carbons (Fsp3) is 0.462. The summed E-state index contributed by atoms with van der Waals surface area (Å²) in [6.45, 7) is 1.99. The van der Waals surface area contributed by atoms with E-state index >= 15 is 0 Å². The van der Waals surface area contributed by atoms with Crippen molar-refractivity contribution in [3.63, 3.8) is 0 Å². The predicted octanol–water partition coefficient (Wildman–Crippen LogP) is 2.05. The number of nitrogen functional groups attached to an aromatic ring is 1. The number of methoxy groups -OCH3 is 1. The van der Waals surface area contributed by atoms with Crippen LogP contribution in [-0.2, 0) is 4.74 Å². The number of rotatable bonds is 2. The maximum Gasteiger partial charge on any atom is 0.340 e. The van der Waals surface area contributed by atoms with E-state index in [1.807, 2.05) is 12.1 Å². The standard InChI is InChI=1S/C13H18N2O2/c1-17-13(16)11-9-10(14)5-6-12(11)15-7-3-2-4-8-15/h5-6,9H,2-4,7-8,14H2,1H3. The van der Waals surface area contributed by atoms with Crippen molar-refractivity contribution in [3.05, 3.63) is 23.8 Å². The van der Waals surface area contributed by atoms with Gasteiger partial charge in [-0.05, 0) is 37.5 Å². The third-order valence-corrected chi connectivity index (χ3v) is 3.12. The lowest BCUT2D eigenvalue weighted by atomic mass is 10.1. The van der Waals surface area contributed by atoms with Gasteiger partial charge >= 0.3 is 5.97 Å². The highest BCUT2D eigenvalue weighted by Crippen LogP contribution is 2.26. The molecule has 0 aliphatic carbocycles. The number of carbonyl (C=O) groups excluding carboxylic acids is 1. The van der Waals surface area contributed by atoms with Crippen LogP contribution in [0.15, 0.2) is 18.2 Å². The fourth-order valence-electron chi connectivity index (χ4n) is 2.24. The molecule has 2 N–H and O–H groups in total. The largest absolute Gasteiger partial charge is 0.465 e. The molecule has 1 saturated heterocycles. The summed E-state index contributed by atoms with van der Waals surface area (Å²) in [4.78, 5) is 14.0. The number of hydrogen-bond acceptors (Lipinski definition) is 4. The quantitative estimate of drug-likeness (QED) is 0.628. The van der Waals surface area contributed by atoms with Gasteiger partial charge in [-0.25, -0.2) is 4.79 Å². The molecule has 0 amide bonds.